The van der Waals surface area contributed by atoms with E-state index in [-0.39, 0.29) is 6.04 Å². The highest BCUT2D eigenvalue weighted by atomic mass is 19.4. The number of hydrogen-bond donors (Lipinski definition) is 1. The highest BCUT2D eigenvalue weighted by molar-refractivity contribution is 5.71. The molecule has 0 aliphatic heterocycles. The molecule has 1 N–H and O–H groups in total. The maximum atomic E-state index is 12.3. The molecule has 90 valence electrons. The van der Waals surface area contributed by atoms with Crippen molar-refractivity contribution in [1.29, 1.82) is 0 Å². The van der Waals surface area contributed by atoms with Crippen molar-refractivity contribution >= 4 is 5.97 Å². The lowest BCUT2D eigenvalue weighted by Crippen LogP contribution is -2.43. The van der Waals surface area contributed by atoms with E-state index in [0.717, 1.165) is 0 Å². The van der Waals surface area contributed by atoms with Crippen molar-refractivity contribution in [3.05, 3.63) is 0 Å². The molecule has 0 bridgehead atoms. The van der Waals surface area contributed by atoms with Gasteiger partial charge in [-0.05, 0) is 20.4 Å². The summed E-state index contributed by atoms with van der Waals surface area (Å²) < 4.78 is 37.0. The van der Waals surface area contributed by atoms with Gasteiger partial charge in [0.25, 0.3) is 0 Å². The van der Waals surface area contributed by atoms with Crippen molar-refractivity contribution in [2.45, 2.75) is 33.0 Å². The van der Waals surface area contributed by atoms with Crippen molar-refractivity contribution in [3.63, 3.8) is 0 Å². The number of nitrogens with zero attached hydrogens (tertiary/aromatic N) is 1. The van der Waals surface area contributed by atoms with E-state index < -0.39 is 24.6 Å². The van der Waals surface area contributed by atoms with E-state index in [1.165, 1.54) is 4.90 Å². The minimum Gasteiger partial charge on any atom is -0.481 e. The van der Waals surface area contributed by atoms with Crippen molar-refractivity contribution in [3.8, 4) is 0 Å². The molecule has 0 saturated carbocycles. The second-order valence-corrected chi connectivity index (χ2v) is 3.61. The second-order valence-electron chi connectivity index (χ2n) is 3.61. The second kappa shape index (κ2) is 5.34. The highest BCUT2D eigenvalue weighted by Crippen LogP contribution is 2.27. The lowest BCUT2D eigenvalue weighted by molar-refractivity contribution is -0.197. The molecule has 0 heterocycles. The average molecular weight is 227 g/mol. The van der Waals surface area contributed by atoms with Gasteiger partial charge in [0.1, 0.15) is 0 Å². The zero-order valence-electron chi connectivity index (χ0n) is 9.01. The molecule has 3 nitrogen and oxygen atoms in total. The number of hydrogen-bond acceptors (Lipinski definition) is 2. The molecule has 1 atom stereocenters. The fraction of sp³-hybridized carbons (Fsp3) is 0.889. The Kier molecular flexibility index (Phi) is 5.07. The summed E-state index contributed by atoms with van der Waals surface area (Å²) in [6.45, 7) is 5.08. The first-order valence-electron chi connectivity index (χ1n) is 4.73. The molecule has 0 aliphatic carbocycles. The van der Waals surface area contributed by atoms with Crippen molar-refractivity contribution in [2.75, 3.05) is 13.1 Å². The van der Waals surface area contributed by atoms with E-state index in [1.54, 1.807) is 20.8 Å². The minimum absolute atomic E-state index is 0.0980. The fourth-order valence-electron chi connectivity index (χ4n) is 1.26. The van der Waals surface area contributed by atoms with Crippen LogP contribution in [-0.4, -0.2) is 41.3 Å². The Balaban J connectivity index is 4.61. The molecule has 6 heteroatoms. The van der Waals surface area contributed by atoms with Crippen LogP contribution in [0.5, 0.6) is 0 Å². The van der Waals surface area contributed by atoms with Crippen LogP contribution in [0, 0.1) is 5.92 Å². The SMILES string of the molecule is CCN(CC(C(=O)O)C(F)(F)F)C(C)C. The molecule has 0 aromatic rings. The van der Waals surface area contributed by atoms with Gasteiger partial charge in [-0.3, -0.25) is 4.79 Å². The minimum atomic E-state index is -4.69. The molecular weight excluding hydrogens is 211 g/mol. The first kappa shape index (κ1) is 14.2. The van der Waals surface area contributed by atoms with Crippen LogP contribution in [0.3, 0.4) is 0 Å². The van der Waals surface area contributed by atoms with Crippen LogP contribution in [0.2, 0.25) is 0 Å². The molecule has 0 rings (SSSR count). The third-order valence-corrected chi connectivity index (χ3v) is 2.25. The van der Waals surface area contributed by atoms with E-state index in [1.807, 2.05) is 0 Å². The summed E-state index contributed by atoms with van der Waals surface area (Å²) in [6.07, 6.45) is -4.69. The molecule has 0 spiro atoms. The summed E-state index contributed by atoms with van der Waals surface area (Å²) in [5, 5.41) is 8.49. The molecule has 0 aromatic heterocycles. The monoisotopic (exact) mass is 227 g/mol. The number of carboxylic acid groups (broad SMARTS) is 1. The van der Waals surface area contributed by atoms with E-state index in [2.05, 4.69) is 0 Å². The van der Waals surface area contributed by atoms with E-state index >= 15 is 0 Å². The van der Waals surface area contributed by atoms with Gasteiger partial charge in [-0.1, -0.05) is 6.92 Å². The lowest BCUT2D eigenvalue weighted by atomic mass is 10.1. The van der Waals surface area contributed by atoms with Crippen LogP contribution in [0.15, 0.2) is 0 Å². The molecule has 1 unspecified atom stereocenters. The molecular formula is C9H16F3NO2. The predicted octanol–water partition coefficient (Wildman–Crippen LogP) is 1.98. The van der Waals surface area contributed by atoms with Crippen molar-refractivity contribution in [2.24, 2.45) is 5.92 Å². The Hall–Kier alpha value is -0.780. The number of alkyl halides is 3. The maximum Gasteiger partial charge on any atom is 0.403 e. The predicted molar refractivity (Wildman–Crippen MR) is 49.6 cm³/mol. The van der Waals surface area contributed by atoms with Crippen LogP contribution in [0.1, 0.15) is 20.8 Å². The van der Waals surface area contributed by atoms with Crippen LogP contribution < -0.4 is 0 Å². The third-order valence-electron chi connectivity index (χ3n) is 2.25. The quantitative estimate of drug-likeness (QED) is 0.780. The molecule has 0 aromatic carbocycles. The summed E-state index contributed by atoms with van der Waals surface area (Å²) in [6, 6.07) is -0.0980. The highest BCUT2D eigenvalue weighted by Gasteiger charge is 2.45. The number of halogens is 3. The van der Waals surface area contributed by atoms with E-state index in [0.29, 0.717) is 6.54 Å². The summed E-state index contributed by atoms with van der Waals surface area (Å²) in [5.74, 6) is -4.12. The summed E-state index contributed by atoms with van der Waals surface area (Å²) >= 11 is 0. The summed E-state index contributed by atoms with van der Waals surface area (Å²) in [4.78, 5) is 12.0. The van der Waals surface area contributed by atoms with Crippen LogP contribution in [0.4, 0.5) is 13.2 Å². The topological polar surface area (TPSA) is 40.5 Å². The molecule has 0 radical (unpaired) electrons. The number of carboxylic acids is 1. The van der Waals surface area contributed by atoms with Crippen LogP contribution >= 0.6 is 0 Å². The fourth-order valence-corrected chi connectivity index (χ4v) is 1.26. The van der Waals surface area contributed by atoms with Gasteiger partial charge in [-0.15, -0.1) is 0 Å². The van der Waals surface area contributed by atoms with Crippen molar-refractivity contribution < 1.29 is 23.1 Å². The zero-order valence-corrected chi connectivity index (χ0v) is 9.01. The van der Waals surface area contributed by atoms with Gasteiger partial charge in [0.15, 0.2) is 5.92 Å². The zero-order chi connectivity index (χ0) is 12.2. The van der Waals surface area contributed by atoms with Crippen LogP contribution in [-0.2, 0) is 4.79 Å². The van der Waals surface area contributed by atoms with Gasteiger partial charge >= 0.3 is 12.1 Å². The van der Waals surface area contributed by atoms with Gasteiger partial charge in [0, 0.05) is 12.6 Å². The maximum absolute atomic E-state index is 12.3. The largest absolute Gasteiger partial charge is 0.481 e. The standard InChI is InChI=1S/C9H16F3NO2/c1-4-13(6(2)3)5-7(8(14)15)9(10,11)12/h6-7H,4-5H2,1-3H3,(H,14,15). The number of aliphatic carboxylic acids is 1. The first-order valence-corrected chi connectivity index (χ1v) is 4.73. The molecule has 0 saturated heterocycles. The van der Waals surface area contributed by atoms with Gasteiger partial charge in [0.05, 0.1) is 0 Å². The smallest absolute Gasteiger partial charge is 0.403 e. The average Bonchev–Trinajstić information content (AvgIpc) is 2.01. The molecule has 15 heavy (non-hydrogen) atoms. The van der Waals surface area contributed by atoms with Gasteiger partial charge < -0.3 is 10.0 Å². The number of rotatable bonds is 5. The molecule has 0 aliphatic rings. The van der Waals surface area contributed by atoms with Crippen molar-refractivity contribution in [1.82, 2.24) is 4.90 Å². The normalized spacial score (nSPS) is 14.7. The Morgan fingerprint density at radius 1 is 1.40 bits per heavy atom. The van der Waals surface area contributed by atoms with Gasteiger partial charge in [-0.2, -0.15) is 13.2 Å². The van der Waals surface area contributed by atoms with Crippen LogP contribution in [0.25, 0.3) is 0 Å². The molecule has 0 amide bonds. The summed E-state index contributed by atoms with van der Waals surface area (Å²) in [5.41, 5.74) is 0. The Bertz CT molecular complexity index is 216. The lowest BCUT2D eigenvalue weighted by Gasteiger charge is -2.28. The summed E-state index contributed by atoms with van der Waals surface area (Å²) in [7, 11) is 0. The molecule has 0 fully saturated rings. The number of carbonyl (C=O) groups is 1. The Morgan fingerprint density at radius 3 is 2.07 bits per heavy atom. The van der Waals surface area contributed by atoms with Gasteiger partial charge in [-0.25, -0.2) is 0 Å². The third kappa shape index (κ3) is 4.51. The van der Waals surface area contributed by atoms with E-state index in [4.69, 9.17) is 5.11 Å². The first-order chi connectivity index (χ1) is 6.70. The Labute approximate surface area is 86.9 Å². The van der Waals surface area contributed by atoms with Gasteiger partial charge in [0.2, 0.25) is 0 Å². The Morgan fingerprint density at radius 2 is 1.87 bits per heavy atom. The van der Waals surface area contributed by atoms with E-state index in [9.17, 15) is 18.0 Å².